The predicted molar refractivity (Wildman–Crippen MR) is 81.5 cm³/mol. The normalized spacial score (nSPS) is 11.0. The number of sulfonamides is 1. The fourth-order valence-corrected chi connectivity index (χ4v) is 3.18. The molecular formula is C15H14FNO5S. The van der Waals surface area contributed by atoms with Gasteiger partial charge in [-0.2, -0.15) is 0 Å². The molecule has 0 aliphatic carbocycles. The van der Waals surface area contributed by atoms with Crippen LogP contribution in [-0.4, -0.2) is 26.6 Å². The Kier molecular flexibility index (Phi) is 4.85. The van der Waals surface area contributed by atoms with Crippen LogP contribution < -0.4 is 9.46 Å². The first kappa shape index (κ1) is 16.8. The van der Waals surface area contributed by atoms with E-state index in [4.69, 9.17) is 9.84 Å². The number of ether oxygens (including phenoxy) is 1. The van der Waals surface area contributed by atoms with Gasteiger partial charge in [-0.1, -0.05) is 12.1 Å². The van der Waals surface area contributed by atoms with Crippen molar-refractivity contribution < 1.29 is 27.4 Å². The summed E-state index contributed by atoms with van der Waals surface area (Å²) in [6, 6.07) is 9.03. The summed E-state index contributed by atoms with van der Waals surface area (Å²) in [7, 11) is -2.76. The van der Waals surface area contributed by atoms with E-state index in [1.807, 2.05) is 0 Å². The SMILES string of the molecule is COc1ccc(F)cc1S(=O)(=O)Nc1ccc(CC(=O)O)cc1. The van der Waals surface area contributed by atoms with E-state index < -0.39 is 21.8 Å². The van der Waals surface area contributed by atoms with Gasteiger partial charge in [0.15, 0.2) is 0 Å². The van der Waals surface area contributed by atoms with Crippen LogP contribution in [0.5, 0.6) is 5.75 Å². The maximum atomic E-state index is 13.3. The van der Waals surface area contributed by atoms with Gasteiger partial charge < -0.3 is 9.84 Å². The number of anilines is 1. The van der Waals surface area contributed by atoms with Crippen molar-refractivity contribution in [1.29, 1.82) is 0 Å². The standard InChI is InChI=1S/C15H14FNO5S/c1-22-13-7-4-11(16)9-14(13)23(20,21)17-12-5-2-10(3-6-12)8-15(18)19/h2-7,9,17H,8H2,1H3,(H,18,19). The minimum Gasteiger partial charge on any atom is -0.495 e. The molecule has 0 aliphatic rings. The highest BCUT2D eigenvalue weighted by Crippen LogP contribution is 2.26. The van der Waals surface area contributed by atoms with Crippen molar-refractivity contribution in [1.82, 2.24) is 0 Å². The number of hydrogen-bond donors (Lipinski definition) is 2. The zero-order valence-electron chi connectivity index (χ0n) is 12.1. The number of nitrogens with one attached hydrogen (secondary N) is 1. The molecule has 2 aromatic rings. The number of carbonyl (C=O) groups is 1. The summed E-state index contributed by atoms with van der Waals surface area (Å²) >= 11 is 0. The van der Waals surface area contributed by atoms with E-state index in [1.54, 1.807) is 0 Å². The van der Waals surface area contributed by atoms with Crippen molar-refractivity contribution in [2.24, 2.45) is 0 Å². The van der Waals surface area contributed by atoms with Crippen LogP contribution in [0.25, 0.3) is 0 Å². The van der Waals surface area contributed by atoms with Crippen molar-refractivity contribution in [3.8, 4) is 5.75 Å². The van der Waals surface area contributed by atoms with Crippen molar-refractivity contribution in [3.05, 3.63) is 53.8 Å². The molecular weight excluding hydrogens is 325 g/mol. The van der Waals surface area contributed by atoms with Crippen LogP contribution in [0.3, 0.4) is 0 Å². The summed E-state index contributed by atoms with van der Waals surface area (Å²) < 4.78 is 45.2. The fourth-order valence-electron chi connectivity index (χ4n) is 1.94. The molecule has 122 valence electrons. The largest absolute Gasteiger partial charge is 0.495 e. The monoisotopic (exact) mass is 339 g/mol. The first-order chi connectivity index (χ1) is 10.8. The van der Waals surface area contributed by atoms with Crippen molar-refractivity contribution in [2.45, 2.75) is 11.3 Å². The van der Waals surface area contributed by atoms with Gasteiger partial charge in [-0.05, 0) is 35.9 Å². The van der Waals surface area contributed by atoms with Crippen LogP contribution in [0.1, 0.15) is 5.56 Å². The minimum absolute atomic E-state index is 0.0152. The predicted octanol–water partition coefficient (Wildman–Crippen LogP) is 2.26. The van der Waals surface area contributed by atoms with E-state index in [0.29, 0.717) is 5.56 Å². The van der Waals surface area contributed by atoms with Gasteiger partial charge in [0.2, 0.25) is 0 Å². The second-order valence-electron chi connectivity index (χ2n) is 4.67. The van der Waals surface area contributed by atoms with Gasteiger partial charge >= 0.3 is 5.97 Å². The van der Waals surface area contributed by atoms with Gasteiger partial charge in [-0.25, -0.2) is 12.8 Å². The molecule has 0 atom stereocenters. The zero-order valence-corrected chi connectivity index (χ0v) is 12.9. The molecule has 0 bridgehead atoms. The third-order valence-electron chi connectivity index (χ3n) is 2.98. The van der Waals surface area contributed by atoms with Crippen molar-refractivity contribution in [2.75, 3.05) is 11.8 Å². The average Bonchev–Trinajstić information content (AvgIpc) is 2.48. The second kappa shape index (κ2) is 6.66. The Labute approximate surface area is 132 Å². The maximum absolute atomic E-state index is 13.3. The van der Waals surface area contributed by atoms with Gasteiger partial charge in [0.25, 0.3) is 10.0 Å². The highest BCUT2D eigenvalue weighted by Gasteiger charge is 2.20. The van der Waals surface area contributed by atoms with E-state index in [9.17, 15) is 17.6 Å². The van der Waals surface area contributed by atoms with Crippen LogP contribution >= 0.6 is 0 Å². The summed E-state index contributed by atoms with van der Waals surface area (Å²) in [5.74, 6) is -1.67. The lowest BCUT2D eigenvalue weighted by Gasteiger charge is -2.12. The molecule has 0 amide bonds. The zero-order chi connectivity index (χ0) is 17.0. The van der Waals surface area contributed by atoms with E-state index in [1.165, 1.54) is 37.4 Å². The Morgan fingerprint density at radius 2 is 1.87 bits per heavy atom. The van der Waals surface area contributed by atoms with Crippen molar-refractivity contribution >= 4 is 21.7 Å². The van der Waals surface area contributed by atoms with E-state index >= 15 is 0 Å². The third kappa shape index (κ3) is 4.19. The third-order valence-corrected chi connectivity index (χ3v) is 4.38. The summed E-state index contributed by atoms with van der Waals surface area (Å²) in [6.45, 7) is 0. The first-order valence-corrected chi connectivity index (χ1v) is 7.97. The quantitative estimate of drug-likeness (QED) is 0.842. The van der Waals surface area contributed by atoms with E-state index in [0.717, 1.165) is 12.1 Å². The van der Waals surface area contributed by atoms with Gasteiger partial charge in [-0.3, -0.25) is 9.52 Å². The molecule has 0 heterocycles. The highest BCUT2D eigenvalue weighted by atomic mass is 32.2. The van der Waals surface area contributed by atoms with Crippen LogP contribution in [-0.2, 0) is 21.2 Å². The molecule has 0 saturated heterocycles. The second-order valence-corrected chi connectivity index (χ2v) is 6.32. The summed E-state index contributed by atoms with van der Waals surface area (Å²) in [6.07, 6.45) is -0.162. The molecule has 0 aromatic heterocycles. The van der Waals surface area contributed by atoms with E-state index in [-0.39, 0.29) is 22.8 Å². The topological polar surface area (TPSA) is 92.7 Å². The summed E-state index contributed by atoms with van der Waals surface area (Å²) in [4.78, 5) is 10.3. The number of methoxy groups -OCH3 is 1. The molecule has 6 nitrogen and oxygen atoms in total. The molecule has 0 unspecified atom stereocenters. The lowest BCUT2D eigenvalue weighted by Crippen LogP contribution is -2.14. The summed E-state index contributed by atoms with van der Waals surface area (Å²) in [5.41, 5.74) is 0.759. The Bertz CT molecular complexity index is 818. The van der Waals surface area contributed by atoms with Crippen molar-refractivity contribution in [3.63, 3.8) is 0 Å². The number of hydrogen-bond acceptors (Lipinski definition) is 4. The Morgan fingerprint density at radius 1 is 1.22 bits per heavy atom. The van der Waals surface area contributed by atoms with Gasteiger partial charge in [-0.15, -0.1) is 0 Å². The molecule has 0 saturated carbocycles. The Hall–Kier alpha value is -2.61. The number of aliphatic carboxylic acids is 1. The molecule has 23 heavy (non-hydrogen) atoms. The van der Waals surface area contributed by atoms with Crippen LogP contribution in [0.2, 0.25) is 0 Å². The maximum Gasteiger partial charge on any atom is 0.307 e. The smallest absolute Gasteiger partial charge is 0.307 e. The Morgan fingerprint density at radius 3 is 2.43 bits per heavy atom. The molecule has 2 rings (SSSR count). The lowest BCUT2D eigenvalue weighted by atomic mass is 10.1. The Balaban J connectivity index is 2.28. The molecule has 2 aromatic carbocycles. The molecule has 0 spiro atoms. The molecule has 0 fully saturated rings. The van der Waals surface area contributed by atoms with Gasteiger partial charge in [0, 0.05) is 5.69 Å². The lowest BCUT2D eigenvalue weighted by molar-refractivity contribution is -0.136. The number of benzene rings is 2. The van der Waals surface area contributed by atoms with Crippen LogP contribution in [0.4, 0.5) is 10.1 Å². The van der Waals surface area contributed by atoms with Gasteiger partial charge in [0.1, 0.15) is 16.5 Å². The minimum atomic E-state index is -4.05. The molecule has 0 aliphatic heterocycles. The van der Waals surface area contributed by atoms with Crippen LogP contribution in [0, 0.1) is 5.82 Å². The summed E-state index contributed by atoms with van der Waals surface area (Å²) in [5, 5.41) is 8.69. The number of carboxylic acids is 1. The number of rotatable bonds is 6. The van der Waals surface area contributed by atoms with Crippen LogP contribution in [0.15, 0.2) is 47.4 Å². The number of halogens is 1. The molecule has 0 radical (unpaired) electrons. The highest BCUT2D eigenvalue weighted by molar-refractivity contribution is 7.92. The fraction of sp³-hybridized carbons (Fsp3) is 0.133. The molecule has 8 heteroatoms. The number of carboxylic acid groups (broad SMARTS) is 1. The van der Waals surface area contributed by atoms with Gasteiger partial charge in [0.05, 0.1) is 13.5 Å². The average molecular weight is 339 g/mol. The first-order valence-electron chi connectivity index (χ1n) is 6.49. The molecule has 2 N–H and O–H groups in total. The van der Waals surface area contributed by atoms with E-state index in [2.05, 4.69) is 4.72 Å².